The van der Waals surface area contributed by atoms with E-state index in [1.165, 1.54) is 4.90 Å². The van der Waals surface area contributed by atoms with Gasteiger partial charge in [-0.15, -0.1) is 0 Å². The normalized spacial score (nSPS) is 18.4. The summed E-state index contributed by atoms with van der Waals surface area (Å²) in [6.45, 7) is 3.52. The van der Waals surface area contributed by atoms with Gasteiger partial charge in [-0.2, -0.15) is 0 Å². The fourth-order valence-electron chi connectivity index (χ4n) is 2.24. The molecule has 0 radical (unpaired) electrons. The van der Waals surface area contributed by atoms with Gasteiger partial charge in [0.15, 0.2) is 0 Å². The molecule has 3 N–H and O–H groups in total. The minimum atomic E-state index is -0.611. The minimum Gasteiger partial charge on any atom is -0.462 e. The van der Waals surface area contributed by atoms with Crippen LogP contribution < -0.4 is 16.0 Å². The maximum atomic E-state index is 12.0. The summed E-state index contributed by atoms with van der Waals surface area (Å²) in [6.07, 6.45) is 0. The highest BCUT2D eigenvalue weighted by Gasteiger charge is 2.33. The predicted molar refractivity (Wildman–Crippen MR) is 76.8 cm³/mol. The molecule has 1 heterocycles. The topological polar surface area (TPSA) is 102 Å². The lowest BCUT2D eigenvalue weighted by Gasteiger charge is -2.35. The minimum absolute atomic E-state index is 0.0481. The van der Waals surface area contributed by atoms with Crippen LogP contribution in [0.3, 0.4) is 0 Å². The fourth-order valence-corrected chi connectivity index (χ4v) is 2.24. The molecule has 7 heteroatoms. The molecule has 1 unspecified atom stereocenters. The van der Waals surface area contributed by atoms with E-state index in [-0.39, 0.29) is 18.7 Å². The lowest BCUT2D eigenvalue weighted by molar-refractivity contribution is -0.132. The van der Waals surface area contributed by atoms with Crippen molar-refractivity contribution in [2.24, 2.45) is 0 Å². The van der Waals surface area contributed by atoms with Gasteiger partial charge < -0.3 is 15.4 Å². The average molecular weight is 291 g/mol. The summed E-state index contributed by atoms with van der Waals surface area (Å²) >= 11 is 0. The van der Waals surface area contributed by atoms with E-state index in [9.17, 15) is 14.4 Å². The molecule has 1 aliphatic rings. The Balaban J connectivity index is 2.49. The van der Waals surface area contributed by atoms with Crippen molar-refractivity contribution in [3.63, 3.8) is 0 Å². The lowest BCUT2D eigenvalue weighted by atomic mass is 10.1. The number of nitrogens with one attached hydrogen (secondary N) is 1. The quantitative estimate of drug-likeness (QED) is 0.472. The van der Waals surface area contributed by atoms with Crippen LogP contribution in [0.4, 0.5) is 11.4 Å². The van der Waals surface area contributed by atoms with Gasteiger partial charge in [0.1, 0.15) is 6.04 Å². The Labute approximate surface area is 122 Å². The van der Waals surface area contributed by atoms with E-state index in [1.54, 1.807) is 32.0 Å². The van der Waals surface area contributed by atoms with E-state index in [1.807, 2.05) is 0 Å². The van der Waals surface area contributed by atoms with E-state index < -0.39 is 23.8 Å². The zero-order chi connectivity index (χ0) is 15.6. The highest BCUT2D eigenvalue weighted by atomic mass is 16.5. The van der Waals surface area contributed by atoms with Gasteiger partial charge >= 0.3 is 5.97 Å². The summed E-state index contributed by atoms with van der Waals surface area (Å²) in [7, 11) is 0. The SMILES string of the molecule is CCOC(=O)c1cccc(N)c1N1CC(=O)NC(=O)C1C. The summed E-state index contributed by atoms with van der Waals surface area (Å²) in [4.78, 5) is 36.9. The van der Waals surface area contributed by atoms with Crippen molar-refractivity contribution < 1.29 is 19.1 Å². The van der Waals surface area contributed by atoms with E-state index >= 15 is 0 Å². The van der Waals surface area contributed by atoms with Gasteiger partial charge in [-0.1, -0.05) is 6.07 Å². The third-order valence-electron chi connectivity index (χ3n) is 3.27. The first-order valence-electron chi connectivity index (χ1n) is 6.61. The number of imide groups is 1. The molecule has 0 aromatic heterocycles. The summed E-state index contributed by atoms with van der Waals surface area (Å²) < 4.78 is 5.00. The van der Waals surface area contributed by atoms with Crippen LogP contribution in [0.5, 0.6) is 0 Å². The van der Waals surface area contributed by atoms with Gasteiger partial charge in [0, 0.05) is 0 Å². The monoisotopic (exact) mass is 291 g/mol. The number of carbonyl (C=O) groups is 3. The van der Waals surface area contributed by atoms with Gasteiger partial charge in [-0.05, 0) is 26.0 Å². The summed E-state index contributed by atoms with van der Waals surface area (Å²) in [5.41, 5.74) is 6.86. The molecule has 0 bridgehead atoms. The highest BCUT2D eigenvalue weighted by molar-refractivity contribution is 6.07. The first-order chi connectivity index (χ1) is 9.95. The number of hydrogen-bond acceptors (Lipinski definition) is 6. The van der Waals surface area contributed by atoms with Gasteiger partial charge in [-0.3, -0.25) is 14.9 Å². The van der Waals surface area contributed by atoms with Gasteiger partial charge in [-0.25, -0.2) is 4.79 Å². The largest absolute Gasteiger partial charge is 0.462 e. The summed E-state index contributed by atoms with van der Waals surface area (Å²) in [5, 5.41) is 2.25. The number of amides is 2. The van der Waals surface area contributed by atoms with Crippen LogP contribution in [0.15, 0.2) is 18.2 Å². The molecule has 1 atom stereocenters. The lowest BCUT2D eigenvalue weighted by Crippen LogP contribution is -2.57. The Kier molecular flexibility index (Phi) is 4.11. The molecule has 2 amide bonds. The smallest absolute Gasteiger partial charge is 0.340 e. The summed E-state index contributed by atoms with van der Waals surface area (Å²) in [6, 6.07) is 4.19. The number of piperazine rings is 1. The van der Waals surface area contributed by atoms with Crippen molar-refractivity contribution in [1.29, 1.82) is 0 Å². The van der Waals surface area contributed by atoms with Crippen molar-refractivity contribution in [1.82, 2.24) is 5.32 Å². The van der Waals surface area contributed by atoms with Crippen molar-refractivity contribution in [3.05, 3.63) is 23.8 Å². The molecule has 1 aromatic rings. The molecule has 0 spiro atoms. The summed E-state index contributed by atoms with van der Waals surface area (Å²) in [5.74, 6) is -1.40. The molecule has 21 heavy (non-hydrogen) atoms. The first-order valence-corrected chi connectivity index (χ1v) is 6.61. The Morgan fingerprint density at radius 3 is 2.86 bits per heavy atom. The zero-order valence-electron chi connectivity index (χ0n) is 11.9. The van der Waals surface area contributed by atoms with Crippen molar-refractivity contribution in [3.8, 4) is 0 Å². The third kappa shape index (κ3) is 2.81. The number of nitrogen functional groups attached to an aromatic ring is 1. The van der Waals surface area contributed by atoms with Crippen LogP contribution in [0, 0.1) is 0 Å². The fraction of sp³-hybridized carbons (Fsp3) is 0.357. The molecule has 1 fully saturated rings. The standard InChI is InChI=1S/C14H17N3O4/c1-3-21-14(20)9-5-4-6-10(15)12(9)17-7-11(18)16-13(19)8(17)2/h4-6,8H,3,7,15H2,1-2H3,(H,16,18,19). The zero-order valence-corrected chi connectivity index (χ0v) is 11.9. The van der Waals surface area contributed by atoms with Crippen LogP contribution in [0.2, 0.25) is 0 Å². The number of carbonyl (C=O) groups excluding carboxylic acids is 3. The second-order valence-corrected chi connectivity index (χ2v) is 4.68. The van der Waals surface area contributed by atoms with Crippen molar-refractivity contribution in [2.75, 3.05) is 23.8 Å². The molecule has 1 aromatic carbocycles. The number of para-hydroxylation sites is 1. The Morgan fingerprint density at radius 2 is 2.19 bits per heavy atom. The Hall–Kier alpha value is -2.57. The Morgan fingerprint density at radius 1 is 1.48 bits per heavy atom. The number of nitrogens with zero attached hydrogens (tertiary/aromatic N) is 1. The number of esters is 1. The molecule has 0 saturated carbocycles. The molecule has 112 valence electrons. The van der Waals surface area contributed by atoms with Crippen LogP contribution >= 0.6 is 0 Å². The highest BCUT2D eigenvalue weighted by Crippen LogP contribution is 2.31. The van der Waals surface area contributed by atoms with Gasteiger partial charge in [0.05, 0.1) is 30.1 Å². The first kappa shape index (κ1) is 14.8. The van der Waals surface area contributed by atoms with Crippen LogP contribution in [0.1, 0.15) is 24.2 Å². The molecular formula is C14H17N3O4. The van der Waals surface area contributed by atoms with E-state index in [0.29, 0.717) is 11.4 Å². The number of nitrogens with two attached hydrogens (primary N) is 1. The van der Waals surface area contributed by atoms with Crippen LogP contribution in [0.25, 0.3) is 0 Å². The number of benzene rings is 1. The molecular weight excluding hydrogens is 274 g/mol. The van der Waals surface area contributed by atoms with Crippen molar-refractivity contribution in [2.45, 2.75) is 19.9 Å². The molecule has 7 nitrogen and oxygen atoms in total. The van der Waals surface area contributed by atoms with Crippen LogP contribution in [-0.2, 0) is 14.3 Å². The van der Waals surface area contributed by atoms with Gasteiger partial charge in [0.25, 0.3) is 0 Å². The maximum absolute atomic E-state index is 12.0. The molecule has 1 aliphatic heterocycles. The van der Waals surface area contributed by atoms with E-state index in [2.05, 4.69) is 5.32 Å². The third-order valence-corrected chi connectivity index (χ3v) is 3.27. The van der Waals surface area contributed by atoms with Crippen molar-refractivity contribution >= 4 is 29.2 Å². The van der Waals surface area contributed by atoms with E-state index in [0.717, 1.165) is 0 Å². The molecule has 0 aliphatic carbocycles. The number of hydrogen-bond donors (Lipinski definition) is 2. The van der Waals surface area contributed by atoms with Gasteiger partial charge in [0.2, 0.25) is 11.8 Å². The second-order valence-electron chi connectivity index (χ2n) is 4.68. The average Bonchev–Trinajstić information content (AvgIpc) is 2.43. The number of ether oxygens (including phenoxy) is 1. The number of rotatable bonds is 3. The number of anilines is 2. The maximum Gasteiger partial charge on any atom is 0.340 e. The predicted octanol–water partition coefficient (Wildman–Crippen LogP) is 0.297. The molecule has 1 saturated heterocycles. The second kappa shape index (κ2) is 5.82. The van der Waals surface area contributed by atoms with Crippen LogP contribution in [-0.4, -0.2) is 37.0 Å². The van der Waals surface area contributed by atoms with E-state index in [4.69, 9.17) is 10.5 Å². The molecule has 2 rings (SSSR count). The Bertz CT molecular complexity index is 600.